The number of hydrogen-bond acceptors (Lipinski definition) is 5. The SMILES string of the molecule is CCN(Cc1ccncc1)C(=O)c1ccc(Nc2nccc(-c3ccc(C)cc3)n2)cc1. The van der Waals surface area contributed by atoms with Crippen molar-refractivity contribution in [3.8, 4) is 11.3 Å². The molecular weight excluding hydrogens is 398 g/mol. The van der Waals surface area contributed by atoms with E-state index >= 15 is 0 Å². The Kier molecular flexibility index (Phi) is 6.51. The van der Waals surface area contributed by atoms with Crippen molar-refractivity contribution in [1.29, 1.82) is 0 Å². The Labute approximate surface area is 188 Å². The van der Waals surface area contributed by atoms with Gasteiger partial charge in [0.2, 0.25) is 5.95 Å². The van der Waals surface area contributed by atoms with Crippen molar-refractivity contribution >= 4 is 17.5 Å². The fraction of sp³-hybridized carbons (Fsp3) is 0.154. The van der Waals surface area contributed by atoms with Gasteiger partial charge in [-0.05, 0) is 61.9 Å². The number of carbonyl (C=O) groups excluding carboxylic acids is 1. The molecule has 6 nitrogen and oxygen atoms in total. The third kappa shape index (κ3) is 5.16. The fourth-order valence-corrected chi connectivity index (χ4v) is 3.35. The first-order valence-electron chi connectivity index (χ1n) is 10.6. The molecule has 32 heavy (non-hydrogen) atoms. The van der Waals surface area contributed by atoms with E-state index in [1.165, 1.54) is 5.56 Å². The van der Waals surface area contributed by atoms with Crippen molar-refractivity contribution in [2.75, 3.05) is 11.9 Å². The van der Waals surface area contributed by atoms with Crippen LogP contribution in [0.2, 0.25) is 0 Å². The fourth-order valence-electron chi connectivity index (χ4n) is 3.35. The molecule has 6 heteroatoms. The Morgan fingerprint density at radius 1 is 0.906 bits per heavy atom. The van der Waals surface area contributed by atoms with Crippen molar-refractivity contribution in [3.63, 3.8) is 0 Å². The summed E-state index contributed by atoms with van der Waals surface area (Å²) in [5.74, 6) is 0.503. The highest BCUT2D eigenvalue weighted by Crippen LogP contribution is 2.20. The van der Waals surface area contributed by atoms with Crippen LogP contribution in [0, 0.1) is 6.92 Å². The summed E-state index contributed by atoms with van der Waals surface area (Å²) in [5.41, 5.74) is 5.61. The summed E-state index contributed by atoms with van der Waals surface area (Å²) in [6, 6.07) is 21.4. The number of pyridine rings is 1. The zero-order chi connectivity index (χ0) is 22.3. The molecule has 0 unspecified atom stereocenters. The van der Waals surface area contributed by atoms with E-state index in [1.54, 1.807) is 18.6 Å². The molecule has 0 aliphatic rings. The molecule has 0 saturated carbocycles. The number of aromatic nitrogens is 3. The summed E-state index contributed by atoms with van der Waals surface area (Å²) in [4.78, 5) is 27.7. The third-order valence-corrected chi connectivity index (χ3v) is 5.18. The number of amides is 1. The zero-order valence-corrected chi connectivity index (χ0v) is 18.2. The van der Waals surface area contributed by atoms with E-state index in [1.807, 2.05) is 66.4 Å². The van der Waals surface area contributed by atoms with Crippen LogP contribution in [0.25, 0.3) is 11.3 Å². The van der Waals surface area contributed by atoms with E-state index in [2.05, 4.69) is 39.3 Å². The van der Waals surface area contributed by atoms with E-state index < -0.39 is 0 Å². The number of benzene rings is 2. The third-order valence-electron chi connectivity index (χ3n) is 5.18. The lowest BCUT2D eigenvalue weighted by Crippen LogP contribution is -2.30. The Morgan fingerprint density at radius 3 is 2.31 bits per heavy atom. The molecule has 0 spiro atoms. The molecule has 4 rings (SSSR count). The lowest BCUT2D eigenvalue weighted by atomic mass is 10.1. The minimum absolute atomic E-state index is 0.00604. The molecular formula is C26H25N5O. The number of carbonyl (C=O) groups is 1. The average molecular weight is 424 g/mol. The van der Waals surface area contributed by atoms with Gasteiger partial charge in [-0.3, -0.25) is 9.78 Å². The number of nitrogens with one attached hydrogen (secondary N) is 1. The van der Waals surface area contributed by atoms with Crippen molar-refractivity contribution in [3.05, 3.63) is 102 Å². The molecule has 0 fully saturated rings. The van der Waals surface area contributed by atoms with Gasteiger partial charge in [-0.1, -0.05) is 29.8 Å². The van der Waals surface area contributed by atoms with E-state index in [9.17, 15) is 4.79 Å². The monoisotopic (exact) mass is 423 g/mol. The largest absolute Gasteiger partial charge is 0.335 e. The first kappa shape index (κ1) is 21.2. The van der Waals surface area contributed by atoms with Crippen LogP contribution < -0.4 is 5.32 Å². The van der Waals surface area contributed by atoms with Crippen molar-refractivity contribution in [1.82, 2.24) is 19.9 Å². The minimum atomic E-state index is -0.00604. The van der Waals surface area contributed by atoms with Gasteiger partial charge >= 0.3 is 0 Å². The van der Waals surface area contributed by atoms with E-state index in [0.717, 1.165) is 22.5 Å². The van der Waals surface area contributed by atoms with Crippen LogP contribution in [0.3, 0.4) is 0 Å². The molecule has 0 atom stereocenters. The maximum atomic E-state index is 12.9. The van der Waals surface area contributed by atoms with Crippen molar-refractivity contribution < 1.29 is 4.79 Å². The summed E-state index contributed by atoms with van der Waals surface area (Å²) in [7, 11) is 0. The smallest absolute Gasteiger partial charge is 0.254 e. The van der Waals surface area contributed by atoms with Gasteiger partial charge in [-0.15, -0.1) is 0 Å². The zero-order valence-electron chi connectivity index (χ0n) is 18.2. The lowest BCUT2D eigenvalue weighted by molar-refractivity contribution is 0.0752. The highest BCUT2D eigenvalue weighted by atomic mass is 16.2. The minimum Gasteiger partial charge on any atom is -0.335 e. The van der Waals surface area contributed by atoms with Gasteiger partial charge in [0, 0.05) is 48.5 Å². The van der Waals surface area contributed by atoms with E-state index in [4.69, 9.17) is 0 Å². The van der Waals surface area contributed by atoms with Crippen LogP contribution in [0.15, 0.2) is 85.3 Å². The summed E-state index contributed by atoms with van der Waals surface area (Å²) in [6.07, 6.45) is 5.22. The highest BCUT2D eigenvalue weighted by Gasteiger charge is 2.14. The first-order chi connectivity index (χ1) is 15.6. The molecule has 0 aliphatic heterocycles. The van der Waals surface area contributed by atoms with Gasteiger partial charge in [0.1, 0.15) is 0 Å². The van der Waals surface area contributed by atoms with Crippen LogP contribution in [-0.4, -0.2) is 32.3 Å². The molecule has 2 aromatic carbocycles. The Balaban J connectivity index is 1.45. The van der Waals surface area contributed by atoms with Crippen LogP contribution in [-0.2, 0) is 6.54 Å². The van der Waals surface area contributed by atoms with Gasteiger partial charge < -0.3 is 10.2 Å². The maximum Gasteiger partial charge on any atom is 0.254 e. The van der Waals surface area contributed by atoms with Gasteiger partial charge in [0.15, 0.2) is 0 Å². The molecule has 2 aromatic heterocycles. The molecule has 160 valence electrons. The number of nitrogens with zero attached hydrogens (tertiary/aromatic N) is 4. The van der Waals surface area contributed by atoms with Crippen LogP contribution in [0.1, 0.15) is 28.4 Å². The molecule has 2 heterocycles. The second kappa shape index (κ2) is 9.83. The number of hydrogen-bond donors (Lipinski definition) is 1. The second-order valence-electron chi connectivity index (χ2n) is 7.51. The predicted octanol–water partition coefficient (Wildman–Crippen LogP) is 5.25. The molecule has 4 aromatic rings. The lowest BCUT2D eigenvalue weighted by Gasteiger charge is -2.21. The second-order valence-corrected chi connectivity index (χ2v) is 7.51. The normalized spacial score (nSPS) is 10.6. The maximum absolute atomic E-state index is 12.9. The van der Waals surface area contributed by atoms with Crippen LogP contribution >= 0.6 is 0 Å². The molecule has 0 aliphatic carbocycles. The quantitative estimate of drug-likeness (QED) is 0.439. The van der Waals surface area contributed by atoms with Gasteiger partial charge in [0.25, 0.3) is 5.91 Å². The highest BCUT2D eigenvalue weighted by molar-refractivity contribution is 5.94. The standard InChI is InChI=1S/C26H25N5O/c1-3-31(18-20-12-15-27-16-13-20)25(32)22-8-10-23(11-9-22)29-26-28-17-14-24(30-26)21-6-4-19(2)5-7-21/h4-17H,3,18H2,1-2H3,(H,28,29,30). The molecule has 0 saturated heterocycles. The summed E-state index contributed by atoms with van der Waals surface area (Å²) in [6.45, 7) is 5.22. The van der Waals surface area contributed by atoms with Crippen LogP contribution in [0.4, 0.5) is 11.6 Å². The Morgan fingerprint density at radius 2 is 1.62 bits per heavy atom. The first-order valence-corrected chi connectivity index (χ1v) is 10.6. The van der Waals surface area contributed by atoms with Gasteiger partial charge in [-0.25, -0.2) is 9.97 Å². The van der Waals surface area contributed by atoms with Crippen molar-refractivity contribution in [2.24, 2.45) is 0 Å². The van der Waals surface area contributed by atoms with E-state index in [-0.39, 0.29) is 5.91 Å². The molecule has 0 bridgehead atoms. The van der Waals surface area contributed by atoms with E-state index in [0.29, 0.717) is 24.6 Å². The number of anilines is 2. The Bertz CT molecular complexity index is 1180. The van der Waals surface area contributed by atoms with Gasteiger partial charge in [-0.2, -0.15) is 0 Å². The summed E-state index contributed by atoms with van der Waals surface area (Å²) < 4.78 is 0. The number of aryl methyl sites for hydroxylation is 1. The predicted molar refractivity (Wildman–Crippen MR) is 127 cm³/mol. The van der Waals surface area contributed by atoms with Crippen molar-refractivity contribution in [2.45, 2.75) is 20.4 Å². The molecule has 1 amide bonds. The summed E-state index contributed by atoms with van der Waals surface area (Å²) >= 11 is 0. The summed E-state index contributed by atoms with van der Waals surface area (Å²) in [5, 5.41) is 3.22. The molecule has 0 radical (unpaired) electrons. The average Bonchev–Trinajstić information content (AvgIpc) is 2.84. The number of rotatable bonds is 7. The van der Waals surface area contributed by atoms with Crippen LogP contribution in [0.5, 0.6) is 0 Å². The topological polar surface area (TPSA) is 71.0 Å². The Hall–Kier alpha value is -4.06. The molecule has 1 N–H and O–H groups in total. The van der Waals surface area contributed by atoms with Gasteiger partial charge in [0.05, 0.1) is 5.69 Å².